The Hall–Kier alpha value is -1.58. The van der Waals surface area contributed by atoms with Crippen molar-refractivity contribution in [3.8, 4) is 0 Å². The lowest BCUT2D eigenvalue weighted by Crippen LogP contribution is -2.17. The number of benzene rings is 2. The number of hydrogen-bond acceptors (Lipinski definition) is 2. The summed E-state index contributed by atoms with van der Waals surface area (Å²) < 4.78 is 13.6. The Labute approximate surface area is 124 Å². The Morgan fingerprint density at radius 3 is 2.70 bits per heavy atom. The molecule has 0 aliphatic carbocycles. The van der Waals surface area contributed by atoms with Crippen molar-refractivity contribution < 1.29 is 4.39 Å². The van der Waals surface area contributed by atoms with Crippen LogP contribution in [0, 0.1) is 12.7 Å². The molecule has 2 rings (SSSR count). The summed E-state index contributed by atoms with van der Waals surface area (Å²) in [6, 6.07) is 11.1. The van der Waals surface area contributed by atoms with Crippen LogP contribution in [-0.2, 0) is 13.1 Å². The summed E-state index contributed by atoms with van der Waals surface area (Å²) in [5, 5.41) is 0.589. The lowest BCUT2D eigenvalue weighted by Gasteiger charge is -2.21. The third-order valence-corrected chi connectivity index (χ3v) is 3.67. The van der Waals surface area contributed by atoms with Crippen LogP contribution in [0.3, 0.4) is 0 Å². The molecule has 0 bridgehead atoms. The molecule has 0 aromatic heterocycles. The Morgan fingerprint density at radius 2 is 2.00 bits per heavy atom. The van der Waals surface area contributed by atoms with Crippen LogP contribution in [-0.4, -0.2) is 7.05 Å². The molecule has 0 radical (unpaired) electrons. The smallest absolute Gasteiger partial charge is 0.126 e. The number of nitrogens with zero attached hydrogens (tertiary/aromatic N) is 1. The van der Waals surface area contributed by atoms with Gasteiger partial charge in [0.15, 0.2) is 0 Å². The van der Waals surface area contributed by atoms with Crippen molar-refractivity contribution >= 4 is 17.3 Å². The van der Waals surface area contributed by atoms with Crippen LogP contribution in [0.15, 0.2) is 36.4 Å². The number of hydrogen-bond donors (Lipinski definition) is 1. The second-order valence-electron chi connectivity index (χ2n) is 4.92. The number of anilines is 1. The predicted octanol–water partition coefficient (Wildman–Crippen LogP) is 3.88. The first-order valence-electron chi connectivity index (χ1n) is 6.46. The number of rotatable bonds is 4. The van der Waals surface area contributed by atoms with Gasteiger partial charge in [-0.05, 0) is 47.9 Å². The zero-order valence-corrected chi connectivity index (χ0v) is 12.4. The van der Waals surface area contributed by atoms with E-state index in [1.165, 1.54) is 6.07 Å². The Balaban J connectivity index is 2.23. The summed E-state index contributed by atoms with van der Waals surface area (Å²) in [4.78, 5) is 2.02. The molecular weight excluding hydrogens is 275 g/mol. The third kappa shape index (κ3) is 3.30. The van der Waals surface area contributed by atoms with Crippen molar-refractivity contribution in [2.45, 2.75) is 20.0 Å². The van der Waals surface area contributed by atoms with E-state index < -0.39 is 0 Å². The standard InChI is InChI=1S/C16H18ClFN2/c1-11-6-15(17)13(8-16(11)18)10-20(2)14-5-3-4-12(7-14)9-19/h3-8H,9-10,19H2,1-2H3. The first-order valence-corrected chi connectivity index (χ1v) is 6.83. The highest BCUT2D eigenvalue weighted by Crippen LogP contribution is 2.24. The largest absolute Gasteiger partial charge is 0.370 e. The summed E-state index contributed by atoms with van der Waals surface area (Å²) in [6.45, 7) is 2.76. The van der Waals surface area contributed by atoms with Gasteiger partial charge in [0.1, 0.15) is 5.82 Å². The third-order valence-electron chi connectivity index (χ3n) is 3.32. The van der Waals surface area contributed by atoms with Gasteiger partial charge in [-0.2, -0.15) is 0 Å². The second-order valence-corrected chi connectivity index (χ2v) is 5.33. The Bertz CT molecular complexity index is 613. The van der Waals surface area contributed by atoms with Crippen molar-refractivity contribution in [1.82, 2.24) is 0 Å². The van der Waals surface area contributed by atoms with Gasteiger partial charge in [0.25, 0.3) is 0 Å². The normalized spacial score (nSPS) is 10.7. The van der Waals surface area contributed by atoms with Crippen LogP contribution in [0.4, 0.5) is 10.1 Å². The molecule has 2 aromatic rings. The van der Waals surface area contributed by atoms with Crippen molar-refractivity contribution in [2.24, 2.45) is 5.73 Å². The maximum atomic E-state index is 13.6. The van der Waals surface area contributed by atoms with E-state index in [9.17, 15) is 4.39 Å². The van der Waals surface area contributed by atoms with E-state index in [4.69, 9.17) is 17.3 Å². The molecule has 0 saturated carbocycles. The second kappa shape index (κ2) is 6.25. The topological polar surface area (TPSA) is 29.3 Å². The van der Waals surface area contributed by atoms with Gasteiger partial charge < -0.3 is 10.6 Å². The van der Waals surface area contributed by atoms with Gasteiger partial charge in [0, 0.05) is 30.8 Å². The van der Waals surface area contributed by atoms with E-state index in [1.54, 1.807) is 13.0 Å². The van der Waals surface area contributed by atoms with Gasteiger partial charge >= 0.3 is 0 Å². The van der Waals surface area contributed by atoms with Crippen molar-refractivity contribution in [1.29, 1.82) is 0 Å². The fourth-order valence-electron chi connectivity index (χ4n) is 2.08. The van der Waals surface area contributed by atoms with Crippen molar-refractivity contribution in [2.75, 3.05) is 11.9 Å². The van der Waals surface area contributed by atoms with E-state index >= 15 is 0 Å². The molecule has 0 spiro atoms. The molecular formula is C16H18ClFN2. The predicted molar refractivity (Wildman–Crippen MR) is 82.6 cm³/mol. The average Bonchev–Trinajstić information content (AvgIpc) is 2.44. The molecule has 0 atom stereocenters. The fourth-order valence-corrected chi connectivity index (χ4v) is 2.35. The summed E-state index contributed by atoms with van der Waals surface area (Å²) in [6.07, 6.45) is 0. The summed E-state index contributed by atoms with van der Waals surface area (Å²) >= 11 is 6.18. The highest BCUT2D eigenvalue weighted by molar-refractivity contribution is 6.31. The molecule has 0 aliphatic rings. The molecule has 0 unspecified atom stereocenters. The lowest BCUT2D eigenvalue weighted by molar-refractivity contribution is 0.616. The van der Waals surface area contributed by atoms with Crippen molar-refractivity contribution in [3.05, 3.63) is 63.9 Å². The highest BCUT2D eigenvalue weighted by atomic mass is 35.5. The molecule has 0 amide bonds. The fraction of sp³-hybridized carbons (Fsp3) is 0.250. The SMILES string of the molecule is Cc1cc(Cl)c(CN(C)c2cccc(CN)c2)cc1F. The van der Waals surface area contributed by atoms with Crippen molar-refractivity contribution in [3.63, 3.8) is 0 Å². The van der Waals surface area contributed by atoms with E-state index in [0.717, 1.165) is 16.8 Å². The molecule has 4 heteroatoms. The maximum absolute atomic E-state index is 13.6. The van der Waals surface area contributed by atoms with E-state index in [0.29, 0.717) is 23.7 Å². The molecule has 2 nitrogen and oxygen atoms in total. The summed E-state index contributed by atoms with van der Waals surface area (Å²) in [5.74, 6) is -0.228. The minimum absolute atomic E-state index is 0.228. The molecule has 0 fully saturated rings. The number of aryl methyl sites for hydroxylation is 1. The minimum atomic E-state index is -0.228. The van der Waals surface area contributed by atoms with Gasteiger partial charge in [-0.1, -0.05) is 23.7 Å². The lowest BCUT2D eigenvalue weighted by atomic mass is 10.1. The van der Waals surface area contributed by atoms with E-state index in [-0.39, 0.29) is 5.82 Å². The van der Waals surface area contributed by atoms with Crippen LogP contribution >= 0.6 is 11.6 Å². The van der Waals surface area contributed by atoms with Crippen LogP contribution < -0.4 is 10.6 Å². The number of nitrogens with two attached hydrogens (primary N) is 1. The Kier molecular flexibility index (Phi) is 4.63. The summed E-state index contributed by atoms with van der Waals surface area (Å²) in [7, 11) is 1.95. The van der Waals surface area contributed by atoms with Crippen LogP contribution in [0.25, 0.3) is 0 Å². The van der Waals surface area contributed by atoms with Crippen LogP contribution in [0.5, 0.6) is 0 Å². The van der Waals surface area contributed by atoms with Gasteiger partial charge in [-0.25, -0.2) is 4.39 Å². The number of halogens is 2. The van der Waals surface area contributed by atoms with Gasteiger partial charge in [0.2, 0.25) is 0 Å². The molecule has 20 heavy (non-hydrogen) atoms. The van der Waals surface area contributed by atoms with Crippen LogP contribution in [0.1, 0.15) is 16.7 Å². The zero-order chi connectivity index (χ0) is 14.7. The molecule has 0 aliphatic heterocycles. The minimum Gasteiger partial charge on any atom is -0.370 e. The first kappa shape index (κ1) is 14.8. The van der Waals surface area contributed by atoms with E-state index in [1.807, 2.05) is 36.2 Å². The zero-order valence-electron chi connectivity index (χ0n) is 11.7. The van der Waals surface area contributed by atoms with Gasteiger partial charge in [0.05, 0.1) is 0 Å². The molecule has 2 aromatic carbocycles. The quantitative estimate of drug-likeness (QED) is 0.926. The van der Waals surface area contributed by atoms with Crippen LogP contribution in [0.2, 0.25) is 5.02 Å². The molecule has 2 N–H and O–H groups in total. The molecule has 0 heterocycles. The Morgan fingerprint density at radius 1 is 1.25 bits per heavy atom. The monoisotopic (exact) mass is 292 g/mol. The molecule has 0 saturated heterocycles. The summed E-state index contributed by atoms with van der Waals surface area (Å²) in [5.41, 5.74) is 9.08. The van der Waals surface area contributed by atoms with Gasteiger partial charge in [-0.3, -0.25) is 0 Å². The first-order chi connectivity index (χ1) is 9.51. The highest BCUT2D eigenvalue weighted by Gasteiger charge is 2.09. The molecule has 106 valence electrons. The van der Waals surface area contributed by atoms with E-state index in [2.05, 4.69) is 0 Å². The van der Waals surface area contributed by atoms with Gasteiger partial charge in [-0.15, -0.1) is 0 Å². The maximum Gasteiger partial charge on any atom is 0.126 e. The average molecular weight is 293 g/mol.